The van der Waals surface area contributed by atoms with E-state index in [1.54, 1.807) is 0 Å². The fourth-order valence-electron chi connectivity index (χ4n) is 2.86. The van der Waals surface area contributed by atoms with E-state index in [9.17, 15) is 9.59 Å². The first-order chi connectivity index (χ1) is 8.68. The maximum Gasteiger partial charge on any atom is 0.308 e. The van der Waals surface area contributed by atoms with E-state index in [1.807, 2.05) is 0 Å². The summed E-state index contributed by atoms with van der Waals surface area (Å²) >= 11 is 0. The van der Waals surface area contributed by atoms with Gasteiger partial charge in [-0.1, -0.05) is 12.8 Å². The van der Waals surface area contributed by atoms with Gasteiger partial charge in [-0.05, 0) is 25.7 Å². The molecule has 18 heavy (non-hydrogen) atoms. The van der Waals surface area contributed by atoms with E-state index in [1.165, 1.54) is 0 Å². The van der Waals surface area contributed by atoms with Gasteiger partial charge in [0.2, 0.25) is 5.91 Å². The number of rotatable bonds is 3. The Balaban J connectivity index is 1.89. The molecule has 2 unspecified atom stereocenters. The molecule has 2 N–H and O–H groups in total. The molecule has 2 atom stereocenters. The van der Waals surface area contributed by atoms with Crippen LogP contribution in [-0.4, -0.2) is 36.2 Å². The normalized spacial score (nSPS) is 29.8. The zero-order chi connectivity index (χ0) is 13.0. The number of amides is 1. The Labute approximate surface area is 107 Å². The predicted molar refractivity (Wildman–Crippen MR) is 65.1 cm³/mol. The molecule has 1 aliphatic carbocycles. The number of nitrogens with one attached hydrogen (secondary N) is 1. The molecule has 102 valence electrons. The van der Waals surface area contributed by atoms with Crippen LogP contribution in [-0.2, 0) is 14.3 Å². The highest BCUT2D eigenvalue weighted by molar-refractivity contribution is 5.80. The van der Waals surface area contributed by atoms with Crippen molar-refractivity contribution < 1.29 is 19.4 Å². The molecule has 1 aliphatic heterocycles. The smallest absolute Gasteiger partial charge is 0.308 e. The molecule has 2 fully saturated rings. The zero-order valence-electron chi connectivity index (χ0n) is 10.6. The Bertz CT molecular complexity index is 312. The first-order valence-corrected chi connectivity index (χ1v) is 6.79. The van der Waals surface area contributed by atoms with Crippen molar-refractivity contribution in [3.8, 4) is 0 Å². The highest BCUT2D eigenvalue weighted by atomic mass is 16.5. The molecule has 1 saturated carbocycles. The van der Waals surface area contributed by atoms with Crippen LogP contribution in [0.4, 0.5) is 0 Å². The molecular weight excluding hydrogens is 234 g/mol. The highest BCUT2D eigenvalue weighted by Gasteiger charge is 2.33. The third kappa shape index (κ3) is 3.22. The highest BCUT2D eigenvalue weighted by Crippen LogP contribution is 2.25. The van der Waals surface area contributed by atoms with Gasteiger partial charge in [0, 0.05) is 25.2 Å². The number of carbonyl (C=O) groups excluding carboxylic acids is 1. The molecule has 0 aromatic rings. The zero-order valence-corrected chi connectivity index (χ0v) is 10.6. The van der Waals surface area contributed by atoms with Gasteiger partial charge in [0.25, 0.3) is 0 Å². The minimum atomic E-state index is -0.785. The van der Waals surface area contributed by atoms with E-state index in [0.717, 1.165) is 32.1 Å². The Morgan fingerprint density at radius 2 is 1.72 bits per heavy atom. The molecule has 2 aliphatic rings. The second kappa shape index (κ2) is 6.18. The molecular formula is C13H21NO4. The van der Waals surface area contributed by atoms with Crippen molar-refractivity contribution >= 4 is 11.9 Å². The number of hydrogen-bond acceptors (Lipinski definition) is 3. The standard InChI is InChI=1S/C13H21NO4/c15-12(9-5-7-18-8-6-9)14-11-4-2-1-3-10(11)13(16)17/h9-11H,1-8H2,(H,14,15)(H,16,17). The summed E-state index contributed by atoms with van der Waals surface area (Å²) in [5, 5.41) is 12.1. The van der Waals surface area contributed by atoms with Gasteiger partial charge >= 0.3 is 5.97 Å². The number of hydrogen-bond donors (Lipinski definition) is 2. The summed E-state index contributed by atoms with van der Waals surface area (Å²) in [6.45, 7) is 1.26. The van der Waals surface area contributed by atoms with Crippen LogP contribution in [0.3, 0.4) is 0 Å². The fraction of sp³-hybridized carbons (Fsp3) is 0.846. The van der Waals surface area contributed by atoms with Crippen LogP contribution < -0.4 is 5.32 Å². The largest absolute Gasteiger partial charge is 0.481 e. The third-order valence-electron chi connectivity index (χ3n) is 4.00. The monoisotopic (exact) mass is 255 g/mol. The van der Waals surface area contributed by atoms with Gasteiger partial charge < -0.3 is 15.2 Å². The SMILES string of the molecule is O=C(NC1CCCCC1C(=O)O)C1CCOCC1. The predicted octanol–water partition coefficient (Wildman–Crippen LogP) is 1.17. The lowest BCUT2D eigenvalue weighted by atomic mass is 9.84. The summed E-state index contributed by atoms with van der Waals surface area (Å²) in [7, 11) is 0. The Hall–Kier alpha value is -1.10. The van der Waals surface area contributed by atoms with Gasteiger partial charge in [-0.3, -0.25) is 9.59 Å². The molecule has 5 nitrogen and oxygen atoms in total. The second-order valence-electron chi connectivity index (χ2n) is 5.23. The molecule has 0 bridgehead atoms. The van der Waals surface area contributed by atoms with Gasteiger partial charge in [-0.15, -0.1) is 0 Å². The summed E-state index contributed by atoms with van der Waals surface area (Å²) in [6, 6.07) is -0.188. The minimum absolute atomic E-state index is 0.00452. The Morgan fingerprint density at radius 3 is 2.39 bits per heavy atom. The molecule has 0 radical (unpaired) electrons. The molecule has 5 heteroatoms. The van der Waals surface area contributed by atoms with Crippen LogP contribution in [0, 0.1) is 11.8 Å². The first-order valence-electron chi connectivity index (χ1n) is 6.79. The van der Waals surface area contributed by atoms with Crippen molar-refractivity contribution in [2.24, 2.45) is 11.8 Å². The lowest BCUT2D eigenvalue weighted by Gasteiger charge is -2.31. The summed E-state index contributed by atoms with van der Waals surface area (Å²) in [5.74, 6) is -1.19. The molecule has 0 spiro atoms. The average molecular weight is 255 g/mol. The minimum Gasteiger partial charge on any atom is -0.481 e. The van der Waals surface area contributed by atoms with Crippen molar-refractivity contribution in [2.75, 3.05) is 13.2 Å². The molecule has 1 saturated heterocycles. The maximum atomic E-state index is 12.1. The van der Waals surface area contributed by atoms with E-state index in [4.69, 9.17) is 9.84 Å². The fourth-order valence-corrected chi connectivity index (χ4v) is 2.86. The van der Waals surface area contributed by atoms with Crippen molar-refractivity contribution in [1.29, 1.82) is 0 Å². The van der Waals surface area contributed by atoms with Crippen molar-refractivity contribution in [2.45, 2.75) is 44.6 Å². The molecule has 1 heterocycles. The number of aliphatic carboxylic acids is 1. The van der Waals surface area contributed by atoms with Crippen molar-refractivity contribution in [3.63, 3.8) is 0 Å². The summed E-state index contributed by atoms with van der Waals surface area (Å²) in [4.78, 5) is 23.2. The quantitative estimate of drug-likeness (QED) is 0.794. The van der Waals surface area contributed by atoms with E-state index in [-0.39, 0.29) is 17.9 Å². The summed E-state index contributed by atoms with van der Waals surface area (Å²) in [5.41, 5.74) is 0. The van der Waals surface area contributed by atoms with Gasteiger partial charge in [-0.2, -0.15) is 0 Å². The lowest BCUT2D eigenvalue weighted by molar-refractivity contribution is -0.144. The van der Waals surface area contributed by atoms with E-state index >= 15 is 0 Å². The summed E-state index contributed by atoms with van der Waals surface area (Å²) < 4.78 is 5.23. The Kier molecular flexibility index (Phi) is 4.58. The van der Waals surface area contributed by atoms with Crippen LogP contribution in [0.2, 0.25) is 0 Å². The maximum absolute atomic E-state index is 12.1. The second-order valence-corrected chi connectivity index (χ2v) is 5.23. The van der Waals surface area contributed by atoms with Crippen LogP contribution in [0.25, 0.3) is 0 Å². The summed E-state index contributed by atoms with van der Waals surface area (Å²) in [6.07, 6.45) is 4.90. The van der Waals surface area contributed by atoms with Crippen molar-refractivity contribution in [1.82, 2.24) is 5.32 Å². The number of carbonyl (C=O) groups is 2. The molecule has 1 amide bonds. The molecule has 2 rings (SSSR count). The average Bonchev–Trinajstić information content (AvgIpc) is 2.40. The number of ether oxygens (including phenoxy) is 1. The van der Waals surface area contributed by atoms with Gasteiger partial charge in [-0.25, -0.2) is 0 Å². The molecule has 0 aromatic carbocycles. The lowest BCUT2D eigenvalue weighted by Crippen LogP contribution is -2.47. The van der Waals surface area contributed by atoms with Crippen LogP contribution >= 0.6 is 0 Å². The molecule has 0 aromatic heterocycles. The van der Waals surface area contributed by atoms with Gasteiger partial charge in [0.15, 0.2) is 0 Å². The van der Waals surface area contributed by atoms with Crippen molar-refractivity contribution in [3.05, 3.63) is 0 Å². The topological polar surface area (TPSA) is 75.6 Å². The number of carboxylic acids is 1. The third-order valence-corrected chi connectivity index (χ3v) is 4.00. The van der Waals surface area contributed by atoms with Crippen LogP contribution in [0.1, 0.15) is 38.5 Å². The van der Waals surface area contributed by atoms with Gasteiger partial charge in [0.05, 0.1) is 5.92 Å². The van der Waals surface area contributed by atoms with E-state index in [2.05, 4.69) is 5.32 Å². The first kappa shape index (κ1) is 13.3. The van der Waals surface area contributed by atoms with Crippen LogP contribution in [0.15, 0.2) is 0 Å². The van der Waals surface area contributed by atoms with E-state index < -0.39 is 11.9 Å². The van der Waals surface area contributed by atoms with E-state index in [0.29, 0.717) is 19.6 Å². The van der Waals surface area contributed by atoms with Gasteiger partial charge in [0.1, 0.15) is 0 Å². The Morgan fingerprint density at radius 1 is 1.06 bits per heavy atom. The number of carboxylic acid groups (broad SMARTS) is 1. The van der Waals surface area contributed by atoms with Crippen LogP contribution in [0.5, 0.6) is 0 Å².